The van der Waals surface area contributed by atoms with E-state index < -0.39 is 30.1 Å². The summed E-state index contributed by atoms with van der Waals surface area (Å²) in [6.45, 7) is -1.02. The number of benzene rings is 1. The second-order valence-corrected chi connectivity index (χ2v) is 3.39. The molecule has 0 radical (unpaired) electrons. The second-order valence-electron chi connectivity index (χ2n) is 3.39. The van der Waals surface area contributed by atoms with Crippen LogP contribution in [0.15, 0.2) is 24.3 Å². The normalized spacial score (nSPS) is 10.8. The molecule has 0 atom stereocenters. The number of hydrogen-bond donors (Lipinski definition) is 2. The van der Waals surface area contributed by atoms with E-state index in [4.69, 9.17) is 0 Å². The first-order valence-corrected chi connectivity index (χ1v) is 4.69. The Labute approximate surface area is 94.4 Å². The summed E-state index contributed by atoms with van der Waals surface area (Å²) in [5.74, 6) is -3.59. The SMILES string of the molecule is Oc1cc(CF)c(O)n1-c1cccc(F)c1F. The van der Waals surface area contributed by atoms with Gasteiger partial charge in [-0.25, -0.2) is 17.7 Å². The number of hydrogen-bond acceptors (Lipinski definition) is 2. The van der Waals surface area contributed by atoms with Crippen molar-refractivity contribution in [3.05, 3.63) is 41.5 Å². The molecule has 90 valence electrons. The molecule has 0 aliphatic heterocycles. The van der Waals surface area contributed by atoms with Crippen molar-refractivity contribution >= 4 is 0 Å². The molecule has 2 rings (SSSR count). The third-order valence-electron chi connectivity index (χ3n) is 2.35. The van der Waals surface area contributed by atoms with Gasteiger partial charge in [0.1, 0.15) is 6.67 Å². The highest BCUT2D eigenvalue weighted by Crippen LogP contribution is 2.33. The van der Waals surface area contributed by atoms with E-state index in [0.717, 1.165) is 18.2 Å². The summed E-state index contributed by atoms with van der Waals surface area (Å²) in [6.07, 6.45) is 0. The second kappa shape index (κ2) is 4.04. The predicted molar refractivity (Wildman–Crippen MR) is 53.8 cm³/mol. The van der Waals surface area contributed by atoms with Crippen LogP contribution in [0.5, 0.6) is 11.8 Å². The van der Waals surface area contributed by atoms with E-state index in [-0.39, 0.29) is 11.3 Å². The van der Waals surface area contributed by atoms with Crippen molar-refractivity contribution in [1.29, 1.82) is 0 Å². The summed E-state index contributed by atoms with van der Waals surface area (Å²) in [6, 6.07) is 4.20. The number of aromatic hydroxyl groups is 2. The van der Waals surface area contributed by atoms with Crippen LogP contribution in [0, 0.1) is 11.6 Å². The molecule has 3 nitrogen and oxygen atoms in total. The third-order valence-corrected chi connectivity index (χ3v) is 2.35. The lowest BCUT2D eigenvalue weighted by atomic mass is 10.3. The first-order valence-electron chi connectivity index (χ1n) is 4.69. The van der Waals surface area contributed by atoms with Crippen LogP contribution in [0.1, 0.15) is 5.56 Å². The Bertz CT molecular complexity index is 566. The van der Waals surface area contributed by atoms with Crippen LogP contribution in [-0.2, 0) is 6.67 Å². The van der Waals surface area contributed by atoms with Crippen molar-refractivity contribution in [3.8, 4) is 17.4 Å². The smallest absolute Gasteiger partial charge is 0.204 e. The highest BCUT2D eigenvalue weighted by Gasteiger charge is 2.19. The highest BCUT2D eigenvalue weighted by molar-refractivity contribution is 5.47. The fraction of sp³-hybridized carbons (Fsp3) is 0.0909. The molecule has 1 heterocycles. The van der Waals surface area contributed by atoms with Gasteiger partial charge in [-0.05, 0) is 12.1 Å². The lowest BCUT2D eigenvalue weighted by Gasteiger charge is -2.08. The molecule has 1 aromatic carbocycles. The number of aromatic nitrogens is 1. The number of alkyl halides is 1. The average molecular weight is 243 g/mol. The van der Waals surface area contributed by atoms with Crippen LogP contribution in [0.2, 0.25) is 0 Å². The molecule has 6 heteroatoms. The van der Waals surface area contributed by atoms with Crippen molar-refractivity contribution in [1.82, 2.24) is 4.57 Å². The molecule has 0 aliphatic carbocycles. The maximum Gasteiger partial charge on any atom is 0.204 e. The quantitative estimate of drug-likeness (QED) is 0.851. The molecule has 0 aliphatic rings. The molecule has 0 amide bonds. The third kappa shape index (κ3) is 1.71. The van der Waals surface area contributed by atoms with Gasteiger partial charge in [-0.1, -0.05) is 6.07 Å². The van der Waals surface area contributed by atoms with Gasteiger partial charge < -0.3 is 10.2 Å². The molecule has 17 heavy (non-hydrogen) atoms. The van der Waals surface area contributed by atoms with Gasteiger partial charge in [0.25, 0.3) is 0 Å². The minimum absolute atomic E-state index is 0.203. The van der Waals surface area contributed by atoms with Gasteiger partial charge in [-0.3, -0.25) is 0 Å². The molecule has 0 bridgehead atoms. The fourth-order valence-electron chi connectivity index (χ4n) is 1.54. The summed E-state index contributed by atoms with van der Waals surface area (Å²) >= 11 is 0. The molecule has 0 saturated heterocycles. The van der Waals surface area contributed by atoms with E-state index in [2.05, 4.69) is 0 Å². The zero-order valence-electron chi connectivity index (χ0n) is 8.49. The van der Waals surface area contributed by atoms with Crippen molar-refractivity contribution < 1.29 is 23.4 Å². The van der Waals surface area contributed by atoms with Gasteiger partial charge in [0.2, 0.25) is 5.88 Å². The summed E-state index contributed by atoms with van der Waals surface area (Å²) in [4.78, 5) is 0. The molecule has 1 aromatic heterocycles. The Morgan fingerprint density at radius 1 is 1.18 bits per heavy atom. The summed E-state index contributed by atoms with van der Waals surface area (Å²) in [5, 5.41) is 19.0. The zero-order chi connectivity index (χ0) is 12.6. The molecular weight excluding hydrogens is 235 g/mol. The molecule has 0 unspecified atom stereocenters. The Kier molecular flexibility index (Phi) is 2.71. The van der Waals surface area contributed by atoms with Crippen LogP contribution in [-0.4, -0.2) is 14.8 Å². The minimum atomic E-state index is -1.24. The molecule has 0 spiro atoms. The first-order chi connectivity index (χ1) is 8.06. The van der Waals surface area contributed by atoms with E-state index in [1.54, 1.807) is 0 Å². The Morgan fingerprint density at radius 3 is 2.47 bits per heavy atom. The maximum atomic E-state index is 13.4. The van der Waals surface area contributed by atoms with Crippen LogP contribution in [0.3, 0.4) is 0 Å². The van der Waals surface area contributed by atoms with Gasteiger partial charge in [-0.2, -0.15) is 0 Å². The van der Waals surface area contributed by atoms with Crippen LogP contribution < -0.4 is 0 Å². The number of nitrogens with zero attached hydrogens (tertiary/aromatic N) is 1. The molecular formula is C11H8F3NO2. The predicted octanol–water partition coefficient (Wildman–Crippen LogP) is 2.64. The van der Waals surface area contributed by atoms with Crippen molar-refractivity contribution in [2.45, 2.75) is 6.67 Å². The number of halogens is 3. The lowest BCUT2D eigenvalue weighted by molar-refractivity contribution is 0.388. The van der Waals surface area contributed by atoms with E-state index in [0.29, 0.717) is 4.57 Å². The molecule has 0 fully saturated rings. The van der Waals surface area contributed by atoms with Crippen molar-refractivity contribution in [2.75, 3.05) is 0 Å². The van der Waals surface area contributed by atoms with Gasteiger partial charge in [0.15, 0.2) is 17.5 Å². The van der Waals surface area contributed by atoms with E-state index in [1.807, 2.05) is 0 Å². The fourth-order valence-corrected chi connectivity index (χ4v) is 1.54. The maximum absolute atomic E-state index is 13.4. The van der Waals surface area contributed by atoms with Gasteiger partial charge in [0.05, 0.1) is 5.69 Å². The lowest BCUT2D eigenvalue weighted by Crippen LogP contribution is -1.99. The Morgan fingerprint density at radius 2 is 1.88 bits per heavy atom. The van der Waals surface area contributed by atoms with Crippen LogP contribution >= 0.6 is 0 Å². The van der Waals surface area contributed by atoms with E-state index in [9.17, 15) is 23.4 Å². The first kappa shape index (κ1) is 11.4. The molecule has 2 aromatic rings. The van der Waals surface area contributed by atoms with Crippen LogP contribution in [0.4, 0.5) is 13.2 Å². The standard InChI is InChI=1S/C11H8F3NO2/c12-5-6-4-9(16)15(11(6)17)8-3-1-2-7(13)10(8)14/h1-4,16-17H,5H2. The average Bonchev–Trinajstić information content (AvgIpc) is 2.58. The van der Waals surface area contributed by atoms with Gasteiger partial charge in [-0.15, -0.1) is 0 Å². The molecule has 2 N–H and O–H groups in total. The Balaban J connectivity index is 2.68. The van der Waals surface area contributed by atoms with Gasteiger partial charge >= 0.3 is 0 Å². The minimum Gasteiger partial charge on any atom is -0.494 e. The summed E-state index contributed by atoms with van der Waals surface area (Å²) in [5.41, 5.74) is -0.592. The monoisotopic (exact) mass is 243 g/mol. The van der Waals surface area contributed by atoms with Crippen LogP contribution in [0.25, 0.3) is 5.69 Å². The topological polar surface area (TPSA) is 45.4 Å². The van der Waals surface area contributed by atoms with Gasteiger partial charge in [0, 0.05) is 11.6 Å². The van der Waals surface area contributed by atoms with E-state index in [1.165, 1.54) is 6.07 Å². The number of rotatable bonds is 2. The van der Waals surface area contributed by atoms with Crippen molar-refractivity contribution in [3.63, 3.8) is 0 Å². The Hall–Kier alpha value is -2.11. The van der Waals surface area contributed by atoms with E-state index >= 15 is 0 Å². The summed E-state index contributed by atoms with van der Waals surface area (Å²) < 4.78 is 39.5. The summed E-state index contributed by atoms with van der Waals surface area (Å²) in [7, 11) is 0. The molecule has 0 saturated carbocycles. The largest absolute Gasteiger partial charge is 0.494 e. The zero-order valence-corrected chi connectivity index (χ0v) is 8.49. The highest BCUT2D eigenvalue weighted by atomic mass is 19.2. The van der Waals surface area contributed by atoms with Crippen molar-refractivity contribution in [2.24, 2.45) is 0 Å².